The van der Waals surface area contributed by atoms with Crippen LogP contribution in [0.1, 0.15) is 30.0 Å². The van der Waals surface area contributed by atoms with Crippen molar-refractivity contribution in [2.45, 2.75) is 31.4 Å². The predicted molar refractivity (Wildman–Crippen MR) is 100 cm³/mol. The first kappa shape index (κ1) is 21.7. The van der Waals surface area contributed by atoms with Gasteiger partial charge in [0, 0.05) is 0 Å². The smallest absolute Gasteiger partial charge is 0.347 e. The number of esters is 2. The predicted octanol–water partition coefficient (Wildman–Crippen LogP) is 2.30. The van der Waals surface area contributed by atoms with Crippen LogP contribution < -0.4 is 10.5 Å². The van der Waals surface area contributed by atoms with Gasteiger partial charge in [-0.1, -0.05) is 11.6 Å². The van der Waals surface area contributed by atoms with Crippen molar-refractivity contribution in [3.63, 3.8) is 0 Å². The van der Waals surface area contributed by atoms with Crippen LogP contribution >= 0.6 is 11.6 Å². The van der Waals surface area contributed by atoms with E-state index in [0.29, 0.717) is 5.76 Å². The quantitative estimate of drug-likeness (QED) is 0.608. The first-order chi connectivity index (χ1) is 13.1. The largest absolute Gasteiger partial charge is 0.467 e. The fourth-order valence-corrected chi connectivity index (χ4v) is 3.31. The van der Waals surface area contributed by atoms with Gasteiger partial charge in [0.15, 0.2) is 6.10 Å². The topological polar surface area (TPSA) is 138 Å². The summed E-state index contributed by atoms with van der Waals surface area (Å²) in [6.07, 6.45) is 0.281. The fourth-order valence-electron chi connectivity index (χ4n) is 2.21. The molecule has 0 radical (unpaired) electrons. The van der Waals surface area contributed by atoms with E-state index in [4.69, 9.17) is 30.6 Å². The first-order valence-electron chi connectivity index (χ1n) is 8.13. The first-order valence-corrected chi connectivity index (χ1v) is 10.1. The molecule has 152 valence electrons. The maximum Gasteiger partial charge on any atom is 0.347 e. The maximum absolute atomic E-state index is 12.6. The molecule has 0 aliphatic rings. The number of rotatable bonds is 8. The highest BCUT2D eigenvalue weighted by molar-refractivity contribution is 7.89. The van der Waals surface area contributed by atoms with Crippen LogP contribution in [-0.2, 0) is 30.8 Å². The summed E-state index contributed by atoms with van der Waals surface area (Å²) in [5, 5.41) is 7.87. The molecule has 1 heterocycles. The van der Waals surface area contributed by atoms with Crippen LogP contribution in [0.5, 0.6) is 0 Å². The number of ether oxygens (including phenoxy) is 2. The van der Waals surface area contributed by atoms with Crippen LogP contribution in [0.25, 0.3) is 0 Å². The second-order valence-electron chi connectivity index (χ2n) is 5.61. The summed E-state index contributed by atoms with van der Waals surface area (Å²) in [5.74, 6) is -1.13. The van der Waals surface area contributed by atoms with Gasteiger partial charge in [-0.05, 0) is 38.1 Å². The summed E-state index contributed by atoms with van der Waals surface area (Å²) in [6, 6.07) is 5.61. The van der Waals surface area contributed by atoms with Crippen LogP contribution in [0.4, 0.5) is 5.69 Å². The molecule has 1 atom stereocenters. The Bertz CT molecular complexity index is 958. The number of benzene rings is 1. The van der Waals surface area contributed by atoms with Gasteiger partial charge in [0.05, 0.1) is 35.7 Å². The molecule has 0 saturated heterocycles. The molecule has 0 amide bonds. The van der Waals surface area contributed by atoms with E-state index in [2.05, 4.69) is 5.32 Å². The highest BCUT2D eigenvalue weighted by Gasteiger charge is 2.25. The molecule has 0 aliphatic heterocycles. The van der Waals surface area contributed by atoms with Crippen molar-refractivity contribution in [3.05, 3.63) is 46.9 Å². The molecule has 2 aromatic rings. The summed E-state index contributed by atoms with van der Waals surface area (Å²) in [7, 11) is -4.20. The normalized spacial score (nSPS) is 12.3. The number of furan rings is 1. The SMILES string of the molecule is CCOC(=O)[C@@H](C)OC(=O)c1cc(S(N)(=O)=O)c(Cl)cc1NCc1ccco1. The number of carbonyl (C=O) groups excluding carboxylic acids is 2. The Labute approximate surface area is 166 Å². The second kappa shape index (κ2) is 9.09. The summed E-state index contributed by atoms with van der Waals surface area (Å²) in [5.41, 5.74) is 0.00554. The molecule has 0 aliphatic carbocycles. The Morgan fingerprint density at radius 1 is 1.36 bits per heavy atom. The molecule has 2 rings (SSSR count). The average molecular weight is 431 g/mol. The standard InChI is InChI=1S/C17H19ClN2O7S/c1-3-25-16(21)10(2)27-17(22)12-7-15(28(19,23)24)13(18)8-14(12)20-9-11-5-4-6-26-11/h4-8,10,20H,3,9H2,1-2H3,(H2,19,23,24)/t10-/m1/s1. The van der Waals surface area contributed by atoms with Crippen molar-refractivity contribution in [1.82, 2.24) is 0 Å². The van der Waals surface area contributed by atoms with Crippen LogP contribution in [0.3, 0.4) is 0 Å². The number of nitrogens with one attached hydrogen (secondary N) is 1. The van der Waals surface area contributed by atoms with Crippen molar-refractivity contribution < 1.29 is 31.9 Å². The summed E-state index contributed by atoms with van der Waals surface area (Å²) >= 11 is 6.00. The Kier molecular flexibility index (Phi) is 7.05. The van der Waals surface area contributed by atoms with E-state index in [0.717, 1.165) is 6.07 Å². The number of primary sulfonamides is 1. The molecule has 0 unspecified atom stereocenters. The van der Waals surface area contributed by atoms with Crippen molar-refractivity contribution in [2.75, 3.05) is 11.9 Å². The number of hydrogen-bond acceptors (Lipinski definition) is 8. The summed E-state index contributed by atoms with van der Waals surface area (Å²) < 4.78 is 38.5. The molecule has 28 heavy (non-hydrogen) atoms. The van der Waals surface area contributed by atoms with Crippen molar-refractivity contribution in [2.24, 2.45) is 5.14 Å². The lowest BCUT2D eigenvalue weighted by Gasteiger charge is -2.16. The number of nitrogens with two attached hydrogens (primary N) is 1. The third-order valence-corrected chi connectivity index (χ3v) is 4.91. The molecule has 0 spiro atoms. The molecule has 3 N–H and O–H groups in total. The molecule has 0 bridgehead atoms. The minimum Gasteiger partial charge on any atom is -0.467 e. The van der Waals surface area contributed by atoms with E-state index < -0.39 is 33.0 Å². The maximum atomic E-state index is 12.6. The highest BCUT2D eigenvalue weighted by atomic mass is 35.5. The minimum atomic E-state index is -4.20. The fraction of sp³-hybridized carbons (Fsp3) is 0.294. The zero-order valence-corrected chi connectivity index (χ0v) is 16.7. The number of sulfonamides is 1. The Morgan fingerprint density at radius 2 is 2.07 bits per heavy atom. The van der Waals surface area contributed by atoms with Gasteiger partial charge in [0.2, 0.25) is 10.0 Å². The monoisotopic (exact) mass is 430 g/mol. The molecule has 1 aromatic heterocycles. The highest BCUT2D eigenvalue weighted by Crippen LogP contribution is 2.29. The molecular formula is C17H19ClN2O7S. The zero-order chi connectivity index (χ0) is 20.9. The Balaban J connectivity index is 2.36. The van der Waals surface area contributed by atoms with Gasteiger partial charge in [-0.3, -0.25) is 0 Å². The van der Waals surface area contributed by atoms with Crippen LogP contribution in [0.2, 0.25) is 5.02 Å². The zero-order valence-electron chi connectivity index (χ0n) is 15.1. The van der Waals surface area contributed by atoms with Gasteiger partial charge < -0.3 is 19.2 Å². The molecule has 1 aromatic carbocycles. The lowest BCUT2D eigenvalue weighted by Crippen LogP contribution is -2.27. The van der Waals surface area contributed by atoms with E-state index in [1.54, 1.807) is 19.1 Å². The summed E-state index contributed by atoms with van der Waals surface area (Å²) in [6.45, 7) is 3.25. The van der Waals surface area contributed by atoms with E-state index in [1.807, 2.05) is 0 Å². The average Bonchev–Trinajstić information content (AvgIpc) is 3.12. The number of carbonyl (C=O) groups is 2. The lowest BCUT2D eigenvalue weighted by molar-refractivity contribution is -0.152. The van der Waals surface area contributed by atoms with Crippen LogP contribution in [-0.4, -0.2) is 33.1 Å². The molecule has 9 nitrogen and oxygen atoms in total. The number of halogens is 1. The Morgan fingerprint density at radius 3 is 2.64 bits per heavy atom. The van der Waals surface area contributed by atoms with Gasteiger partial charge in [-0.25, -0.2) is 23.1 Å². The third kappa shape index (κ3) is 5.47. The van der Waals surface area contributed by atoms with E-state index >= 15 is 0 Å². The lowest BCUT2D eigenvalue weighted by atomic mass is 10.1. The van der Waals surface area contributed by atoms with E-state index in [9.17, 15) is 18.0 Å². The molecule has 0 fully saturated rings. The Hall–Kier alpha value is -2.56. The van der Waals surface area contributed by atoms with Crippen LogP contribution in [0.15, 0.2) is 39.8 Å². The van der Waals surface area contributed by atoms with Gasteiger partial charge in [-0.15, -0.1) is 0 Å². The summed E-state index contributed by atoms with van der Waals surface area (Å²) in [4.78, 5) is 23.8. The molecule has 11 heteroatoms. The van der Waals surface area contributed by atoms with Gasteiger partial charge in [-0.2, -0.15) is 0 Å². The second-order valence-corrected chi connectivity index (χ2v) is 7.54. The van der Waals surface area contributed by atoms with E-state index in [-0.39, 0.29) is 29.4 Å². The van der Waals surface area contributed by atoms with Crippen molar-refractivity contribution >= 4 is 39.3 Å². The number of anilines is 1. The van der Waals surface area contributed by atoms with E-state index in [1.165, 1.54) is 19.3 Å². The molecule has 0 saturated carbocycles. The molecular weight excluding hydrogens is 412 g/mol. The van der Waals surface area contributed by atoms with Gasteiger partial charge >= 0.3 is 11.9 Å². The third-order valence-electron chi connectivity index (χ3n) is 3.53. The van der Waals surface area contributed by atoms with Crippen molar-refractivity contribution in [3.8, 4) is 0 Å². The van der Waals surface area contributed by atoms with Crippen molar-refractivity contribution in [1.29, 1.82) is 0 Å². The van der Waals surface area contributed by atoms with Gasteiger partial charge in [0.25, 0.3) is 0 Å². The minimum absolute atomic E-state index is 0.118. The van der Waals surface area contributed by atoms with Gasteiger partial charge in [0.1, 0.15) is 10.7 Å². The number of hydrogen-bond donors (Lipinski definition) is 2. The van der Waals surface area contributed by atoms with Crippen LogP contribution in [0, 0.1) is 0 Å².